The van der Waals surface area contributed by atoms with Gasteiger partial charge in [0, 0.05) is 240 Å². The molecule has 30 nitrogen and oxygen atoms in total. The zero-order valence-electron chi connectivity index (χ0n) is 101. The van der Waals surface area contributed by atoms with Crippen LogP contribution in [-0.2, 0) is 133 Å². The number of hydrogen-bond donors (Lipinski definition) is 0. The van der Waals surface area contributed by atoms with Crippen molar-refractivity contribution in [3.63, 3.8) is 0 Å². The summed E-state index contributed by atoms with van der Waals surface area (Å²) in [5.41, 5.74) is 0. The Morgan fingerprint density at radius 3 is 0.507 bits per heavy atom. The zero-order valence-corrected chi connectivity index (χ0v) is 117. The average molecular weight is 2300 g/mol. The van der Waals surface area contributed by atoms with E-state index in [0.29, 0.717) is 156 Å². The normalized spacial score (nSPS) is 14.0. The largest absolute Gasteiger partial charge is 0.505 e. The molecule has 0 radical (unpaired) electrons. The average Bonchev–Trinajstić information content (AvgIpc) is 0.789. The Morgan fingerprint density at radius 1 is 0.143 bits per heavy atom. The molecule has 0 aliphatic heterocycles. The molecular formula is C94H236O30Si16. The Labute approximate surface area is 883 Å². The summed E-state index contributed by atoms with van der Waals surface area (Å²) >= 11 is 0. The highest BCUT2D eigenvalue weighted by molar-refractivity contribution is 6.91. The van der Waals surface area contributed by atoms with Crippen LogP contribution in [0.25, 0.3) is 0 Å². The van der Waals surface area contributed by atoms with Crippen LogP contribution in [0.5, 0.6) is 0 Å². The van der Waals surface area contributed by atoms with Crippen molar-refractivity contribution in [2.45, 2.75) is 422 Å². The monoisotopic (exact) mass is 2290 g/mol. The van der Waals surface area contributed by atoms with E-state index in [1.165, 1.54) is 6.04 Å². The van der Waals surface area contributed by atoms with E-state index in [9.17, 15) is 0 Å². The molecule has 4 unspecified atom stereocenters. The van der Waals surface area contributed by atoms with Crippen LogP contribution in [0.1, 0.15) is 235 Å². The maximum absolute atomic E-state index is 5.99. The van der Waals surface area contributed by atoms with E-state index in [1.54, 1.807) is 0 Å². The van der Waals surface area contributed by atoms with Crippen LogP contribution in [0.3, 0.4) is 0 Å². The third-order valence-corrected chi connectivity index (χ3v) is 84.6. The molecule has 0 aromatic rings. The molecule has 46 heteroatoms. The first kappa shape index (κ1) is 157. The van der Waals surface area contributed by atoms with E-state index >= 15 is 0 Å². The maximum Gasteiger partial charge on any atom is 0.505 e. The van der Waals surface area contributed by atoms with Gasteiger partial charge in [0.05, 0.1) is 13.2 Å². The standard InChI is InChI=1S/2C13H32O5Si2.2C12H30O4Si2.4C11H28O3Si2/c1-8-14-19(7,15-9-2)13(6)20(16-10-3,17-11-4)18-12-5;1-7-14-19(6,15-8-2)12-13-20(16-9-3,17-10-4)18-11-5;1-8-13-17(6,7)12(5)18(14-9-2,15-10-3)16-11-4;1-7-13-17(5,6)11-12-18(14-8-2,15-9-3)16-10-4;1-8-12-15(5,6)11(4)16(7,13-9-2)14-10-3;1-8-12-16(13-9-2,14-10-3)11(4)15(5,6)7;1-7-12-15(4,5)10-11-16(6,13-8-2)14-9-3;1-7-12-16(13-8-2,14-9-3)11-10-15(4,5)6/h13H,8-12H2,1-7H3;7-13H2,1-6H3;12H,8-11H2,1-7H3;7-12H2,1-6H3;2*11H,8-10H2,1-7H3;2*7-11H2,1-6H3. The van der Waals surface area contributed by atoms with E-state index in [0.717, 1.165) is 95.2 Å². The van der Waals surface area contributed by atoms with Crippen LogP contribution in [0.15, 0.2) is 0 Å². The van der Waals surface area contributed by atoms with Gasteiger partial charge >= 0.3 is 87.1 Å². The van der Waals surface area contributed by atoms with Crippen LogP contribution in [0.4, 0.5) is 0 Å². The molecule has 0 aromatic carbocycles. The van der Waals surface area contributed by atoms with Gasteiger partial charge in [-0.05, 0) is 310 Å². The summed E-state index contributed by atoms with van der Waals surface area (Å²) in [6.45, 7) is 129. The first-order valence-electron chi connectivity index (χ1n) is 54.4. The van der Waals surface area contributed by atoms with Crippen LogP contribution in [-0.4, -0.2) is 335 Å². The van der Waals surface area contributed by atoms with Gasteiger partial charge in [0.25, 0.3) is 0 Å². The van der Waals surface area contributed by atoms with E-state index in [-0.39, 0.29) is 10.3 Å². The van der Waals surface area contributed by atoms with Gasteiger partial charge in [-0.1, -0.05) is 73.0 Å². The Balaban J connectivity index is -0.000000237. The lowest BCUT2D eigenvalue weighted by Gasteiger charge is -2.40. The van der Waals surface area contributed by atoms with Crippen molar-refractivity contribution in [2.24, 2.45) is 0 Å². The molecule has 0 bridgehead atoms. The van der Waals surface area contributed by atoms with Gasteiger partial charge in [-0.25, -0.2) is 0 Å². The fourth-order valence-corrected chi connectivity index (χ4v) is 72.6. The second-order valence-corrected chi connectivity index (χ2v) is 99.2. The molecule has 0 aliphatic rings. The molecular weight excluding hydrogens is 2060 g/mol. The molecule has 0 spiro atoms. The van der Waals surface area contributed by atoms with Crippen molar-refractivity contribution >= 4 is 136 Å². The lowest BCUT2D eigenvalue weighted by Crippen LogP contribution is -2.60. The topological polar surface area (TPSA) is 277 Å². The van der Waals surface area contributed by atoms with Crippen molar-refractivity contribution in [2.75, 3.05) is 198 Å². The van der Waals surface area contributed by atoms with Crippen molar-refractivity contribution in [3.05, 3.63) is 0 Å². The first-order valence-corrected chi connectivity index (χ1v) is 95.0. The van der Waals surface area contributed by atoms with Gasteiger partial charge in [0.15, 0.2) is 33.3 Å². The van der Waals surface area contributed by atoms with Crippen LogP contribution in [0.2, 0.25) is 187 Å². The molecule has 0 rings (SSSR count). The summed E-state index contributed by atoms with van der Waals surface area (Å²) in [7, 11) is -33.0. The van der Waals surface area contributed by atoms with E-state index in [1.807, 2.05) is 194 Å². The minimum Gasteiger partial charge on any atom is -0.418 e. The summed E-state index contributed by atoms with van der Waals surface area (Å²) in [6.07, 6.45) is 0. The molecule has 856 valence electrons. The van der Waals surface area contributed by atoms with Crippen molar-refractivity contribution in [3.8, 4) is 0 Å². The van der Waals surface area contributed by atoms with Gasteiger partial charge in [-0.3, -0.25) is 0 Å². The van der Waals surface area contributed by atoms with Crippen LogP contribution < -0.4 is 0 Å². The highest BCUT2D eigenvalue weighted by Crippen LogP contribution is 2.40. The summed E-state index contributed by atoms with van der Waals surface area (Å²) < 4.78 is 177. The molecule has 140 heavy (non-hydrogen) atoms. The molecule has 0 saturated heterocycles. The lowest BCUT2D eigenvalue weighted by molar-refractivity contribution is 0.0611. The van der Waals surface area contributed by atoms with Crippen molar-refractivity contribution in [1.29, 1.82) is 0 Å². The second kappa shape index (κ2) is 87.5. The summed E-state index contributed by atoms with van der Waals surface area (Å²) in [4.78, 5) is 0. The van der Waals surface area contributed by atoms with Crippen LogP contribution in [0, 0.1) is 0 Å². The zero-order chi connectivity index (χ0) is 110. The van der Waals surface area contributed by atoms with Crippen LogP contribution >= 0.6 is 0 Å². The van der Waals surface area contributed by atoms with E-state index in [2.05, 4.69) is 159 Å². The van der Waals surface area contributed by atoms with Gasteiger partial charge in [-0.15, -0.1) is 0 Å². The second-order valence-electron chi connectivity index (χ2n) is 37.7. The van der Waals surface area contributed by atoms with Gasteiger partial charge in [0.1, 0.15) is 0 Å². The summed E-state index contributed by atoms with van der Waals surface area (Å²) in [5.74, 6) is 0. The SMILES string of the molecule is CCO[Si](C)(C)C(C)[Si](C)(OCC)OCC.CCO[Si](C)(C)C(C)[Si](OCC)(OCC)OCC.CCO[Si](C)(C)CC[Si](C)(OCC)OCC.CCO[Si](C)(C)CC[Si](OCC)(OCC)OCC.CCO[Si](C)(CC[Si](OCC)(OCC)OCC)OCC.CCO[Si](C)(OCC)C(C)[Si](OCC)(OCC)OCC.CCO[Si](CC[Si](C)(C)C)(OCC)OCC.CCO[Si](OCC)(OCC)C(C)[Si](C)(C)C. The quantitative estimate of drug-likeness (QED) is 0.0512. The predicted octanol–water partition coefficient (Wildman–Crippen LogP) is 26.1. The highest BCUT2D eigenvalue weighted by Gasteiger charge is 2.60. The third-order valence-electron chi connectivity index (χ3n) is 22.8. The molecule has 0 saturated carbocycles. The molecule has 0 heterocycles. The fraction of sp³-hybridized carbons (Fsp3) is 1.00. The maximum atomic E-state index is 5.99. The van der Waals surface area contributed by atoms with Crippen molar-refractivity contribution in [1.82, 2.24) is 0 Å². The third kappa shape index (κ3) is 69.2. The minimum absolute atomic E-state index is 0.0229. The minimum atomic E-state index is -2.80. The Kier molecular flexibility index (Phi) is 98.4. The molecule has 4 atom stereocenters. The number of hydrogen-bond acceptors (Lipinski definition) is 30. The highest BCUT2D eigenvalue weighted by atomic mass is 28.4. The molecule has 0 amide bonds. The first-order chi connectivity index (χ1) is 65.3. The lowest BCUT2D eigenvalue weighted by atomic mass is 10.9. The summed E-state index contributed by atoms with van der Waals surface area (Å²) in [5, 5.41) is 1.11. The smallest absolute Gasteiger partial charge is 0.418 e. The van der Waals surface area contributed by atoms with Gasteiger partial charge < -0.3 is 133 Å². The van der Waals surface area contributed by atoms with Gasteiger partial charge in [0.2, 0.25) is 0 Å². The predicted molar refractivity (Wildman–Crippen MR) is 623 cm³/mol. The summed E-state index contributed by atoms with van der Waals surface area (Å²) in [6, 6.07) is 7.83. The Morgan fingerprint density at radius 2 is 0.307 bits per heavy atom. The van der Waals surface area contributed by atoms with E-state index in [4.69, 9.17) is 133 Å². The molecule has 0 aliphatic carbocycles. The van der Waals surface area contributed by atoms with Gasteiger partial charge in [-0.2, -0.15) is 0 Å². The molecule has 0 N–H and O–H groups in total. The molecule has 0 fully saturated rings. The fourth-order valence-electron chi connectivity index (χ4n) is 15.4. The Hall–Kier alpha value is 2.27. The molecule has 0 aromatic heterocycles. The van der Waals surface area contributed by atoms with E-state index < -0.39 is 136 Å². The Bertz CT molecular complexity index is 2620. The van der Waals surface area contributed by atoms with Crippen molar-refractivity contribution < 1.29 is 133 Å². The number of rotatable bonds is 80.